The van der Waals surface area contributed by atoms with Gasteiger partial charge in [0.05, 0.1) is 0 Å². The van der Waals surface area contributed by atoms with Crippen LogP contribution < -0.4 is 0 Å². The lowest BCUT2D eigenvalue weighted by atomic mass is 10.0. The van der Waals surface area contributed by atoms with E-state index in [1.807, 2.05) is 0 Å². The van der Waals surface area contributed by atoms with Gasteiger partial charge < -0.3 is 0 Å². The van der Waals surface area contributed by atoms with E-state index in [1.165, 1.54) is 32.7 Å². The molecule has 0 spiro atoms. The van der Waals surface area contributed by atoms with Crippen molar-refractivity contribution in [2.45, 2.75) is 51.0 Å². The van der Waals surface area contributed by atoms with Crippen LogP contribution in [0.3, 0.4) is 0 Å². The van der Waals surface area contributed by atoms with Gasteiger partial charge in [0, 0.05) is 0 Å². The Kier molecular flexibility index (Phi) is 10.6. The third kappa shape index (κ3) is 4.60. The van der Waals surface area contributed by atoms with Gasteiger partial charge in [-0.25, -0.2) is 0 Å². The normalized spacial score (nSPS) is 8.48. The van der Waals surface area contributed by atoms with E-state index in [2.05, 4.69) is 62.4 Å². The lowest BCUT2D eigenvalue weighted by molar-refractivity contribution is 1.50. The van der Waals surface area contributed by atoms with Gasteiger partial charge in [-0.1, -0.05) is 84.7 Å². The van der Waals surface area contributed by atoms with Crippen LogP contribution in [-0.4, -0.2) is 0 Å². The van der Waals surface area contributed by atoms with Crippen LogP contribution in [-0.2, 0) is 0 Å². The molecule has 0 aromatic heterocycles. The van der Waals surface area contributed by atoms with Crippen LogP contribution in [0.25, 0.3) is 21.5 Å². The van der Waals surface area contributed by atoms with E-state index in [0.29, 0.717) is 0 Å². The summed E-state index contributed by atoms with van der Waals surface area (Å²) in [5.41, 5.74) is 2.64. The molecule has 0 nitrogen and oxygen atoms in total. The summed E-state index contributed by atoms with van der Waals surface area (Å²) in [6.07, 6.45) is 0. The summed E-state index contributed by atoms with van der Waals surface area (Å²) in [7, 11) is 0. The second-order valence-electron chi connectivity index (χ2n) is 4.55. The zero-order valence-corrected chi connectivity index (χ0v) is 9.62. The van der Waals surface area contributed by atoms with Crippen molar-refractivity contribution in [2.75, 3.05) is 0 Å². The molecular weight excluding hydrogens is 252 g/mol. The molecule has 0 fully saturated rings. The minimum atomic E-state index is 0. The van der Waals surface area contributed by atoms with E-state index < -0.39 is 0 Å². The van der Waals surface area contributed by atoms with Crippen LogP contribution >= 0.6 is 0 Å². The van der Waals surface area contributed by atoms with E-state index in [1.54, 1.807) is 0 Å². The first-order valence-corrected chi connectivity index (χ1v) is 5.63. The van der Waals surface area contributed by atoms with Gasteiger partial charge in [0.25, 0.3) is 0 Å². The summed E-state index contributed by atoms with van der Waals surface area (Å²) in [4.78, 5) is 0. The summed E-state index contributed by atoms with van der Waals surface area (Å²) < 4.78 is 0. The van der Waals surface area contributed by atoms with Crippen molar-refractivity contribution >= 4 is 21.5 Å². The standard InChI is InChI=1S/C16H14.5CH4/c1-11-3-5-13-10-16-8-12(2)4-6-14(16)9-15(13)7-11;;;;;/h3-10H,1-2H3;5*1H4. The maximum Gasteiger partial charge on any atom is -0.0175 e. The number of hydrogen-bond acceptors (Lipinski definition) is 0. The lowest BCUT2D eigenvalue weighted by Gasteiger charge is -2.04. The Morgan fingerprint density at radius 2 is 0.762 bits per heavy atom. The minimum Gasteiger partial charge on any atom is -0.0776 e. The van der Waals surface area contributed by atoms with Gasteiger partial charge in [0.1, 0.15) is 0 Å². The topological polar surface area (TPSA) is 0 Å². The van der Waals surface area contributed by atoms with Crippen LogP contribution in [0, 0.1) is 13.8 Å². The largest absolute Gasteiger partial charge is 0.0776 e. The Labute approximate surface area is 132 Å². The zero-order valence-electron chi connectivity index (χ0n) is 9.62. The highest BCUT2D eigenvalue weighted by Gasteiger charge is 1.98. The first kappa shape index (κ1) is 24.2. The molecule has 21 heavy (non-hydrogen) atoms. The van der Waals surface area contributed by atoms with Gasteiger partial charge in [-0.15, -0.1) is 0 Å². The number of fused-ring (bicyclic) bond motifs is 2. The highest BCUT2D eigenvalue weighted by molar-refractivity contribution is 5.98. The summed E-state index contributed by atoms with van der Waals surface area (Å²) in [6, 6.07) is 17.8. The summed E-state index contributed by atoms with van der Waals surface area (Å²) in [5.74, 6) is 0. The molecule has 3 aromatic rings. The Morgan fingerprint density at radius 3 is 1.10 bits per heavy atom. The smallest absolute Gasteiger partial charge is 0.0175 e. The Morgan fingerprint density at radius 1 is 0.429 bits per heavy atom. The molecule has 0 aliphatic rings. The van der Waals surface area contributed by atoms with Gasteiger partial charge in [-0.3, -0.25) is 0 Å². The van der Waals surface area contributed by atoms with Crippen LogP contribution in [0.15, 0.2) is 48.5 Å². The molecule has 0 N–H and O–H groups in total. The quantitative estimate of drug-likeness (QED) is 0.370. The maximum atomic E-state index is 2.27. The molecule has 118 valence electrons. The first-order chi connectivity index (χ1) is 7.72. The molecule has 0 radical (unpaired) electrons. The van der Waals surface area contributed by atoms with Gasteiger partial charge in [0.15, 0.2) is 0 Å². The third-order valence-electron chi connectivity index (χ3n) is 3.11. The predicted octanol–water partition coefficient (Wildman–Crippen LogP) is 7.79. The first-order valence-electron chi connectivity index (χ1n) is 5.63. The number of rotatable bonds is 0. The van der Waals surface area contributed by atoms with E-state index in [-0.39, 0.29) is 37.1 Å². The summed E-state index contributed by atoms with van der Waals surface area (Å²) >= 11 is 0. The van der Waals surface area contributed by atoms with Crippen LogP contribution in [0.5, 0.6) is 0 Å². The molecule has 0 atom stereocenters. The van der Waals surface area contributed by atoms with Gasteiger partial charge >= 0.3 is 0 Å². The SMILES string of the molecule is C.C.C.C.C.Cc1ccc2cc3cc(C)ccc3cc2c1. The molecule has 0 aliphatic carbocycles. The monoisotopic (exact) mass is 286 g/mol. The van der Waals surface area contributed by atoms with Crippen molar-refractivity contribution in [3.8, 4) is 0 Å². The van der Waals surface area contributed by atoms with Crippen molar-refractivity contribution in [3.05, 3.63) is 59.7 Å². The number of benzene rings is 3. The fraction of sp³-hybridized carbons (Fsp3) is 0.333. The van der Waals surface area contributed by atoms with Crippen LogP contribution in [0.1, 0.15) is 48.3 Å². The summed E-state index contributed by atoms with van der Waals surface area (Å²) in [6.45, 7) is 4.28. The van der Waals surface area contributed by atoms with Crippen molar-refractivity contribution in [3.63, 3.8) is 0 Å². The third-order valence-corrected chi connectivity index (χ3v) is 3.11. The van der Waals surface area contributed by atoms with Crippen molar-refractivity contribution in [2.24, 2.45) is 0 Å². The van der Waals surface area contributed by atoms with E-state index in [9.17, 15) is 0 Å². The molecule has 3 rings (SSSR count). The van der Waals surface area contributed by atoms with Gasteiger partial charge in [0.2, 0.25) is 0 Å². The van der Waals surface area contributed by atoms with Crippen LogP contribution in [0.2, 0.25) is 0 Å². The average Bonchev–Trinajstić information content (AvgIpc) is 2.26. The minimum absolute atomic E-state index is 0. The fourth-order valence-corrected chi connectivity index (χ4v) is 2.24. The summed E-state index contributed by atoms with van der Waals surface area (Å²) in [5, 5.41) is 5.31. The fourth-order valence-electron chi connectivity index (χ4n) is 2.24. The molecular formula is C21H34. The second kappa shape index (κ2) is 9.18. The van der Waals surface area contributed by atoms with E-state index in [4.69, 9.17) is 0 Å². The number of aryl methyl sites for hydroxylation is 2. The zero-order chi connectivity index (χ0) is 11.1. The molecule has 0 heterocycles. The second-order valence-corrected chi connectivity index (χ2v) is 4.55. The molecule has 0 amide bonds. The molecule has 0 heteroatoms. The Bertz CT molecular complexity index is 616. The van der Waals surface area contributed by atoms with Crippen molar-refractivity contribution in [1.82, 2.24) is 0 Å². The maximum absolute atomic E-state index is 2.27. The Balaban J connectivity index is -0.000000648. The predicted molar refractivity (Wildman–Crippen MR) is 105 cm³/mol. The molecule has 0 bridgehead atoms. The average molecular weight is 287 g/mol. The highest BCUT2D eigenvalue weighted by Crippen LogP contribution is 2.24. The molecule has 0 aliphatic heterocycles. The van der Waals surface area contributed by atoms with Crippen molar-refractivity contribution in [1.29, 1.82) is 0 Å². The van der Waals surface area contributed by atoms with Gasteiger partial charge in [-0.05, 0) is 47.5 Å². The molecule has 0 saturated heterocycles. The highest BCUT2D eigenvalue weighted by atomic mass is 14.0. The Hall–Kier alpha value is -1.82. The van der Waals surface area contributed by atoms with E-state index >= 15 is 0 Å². The van der Waals surface area contributed by atoms with E-state index in [0.717, 1.165) is 0 Å². The lowest BCUT2D eigenvalue weighted by Crippen LogP contribution is -1.79. The van der Waals surface area contributed by atoms with Crippen molar-refractivity contribution < 1.29 is 0 Å². The molecule has 3 aromatic carbocycles. The molecule has 0 saturated carbocycles. The molecule has 0 unspecified atom stereocenters. The number of hydrogen-bond donors (Lipinski definition) is 0. The van der Waals surface area contributed by atoms with Crippen LogP contribution in [0.4, 0.5) is 0 Å². The van der Waals surface area contributed by atoms with Gasteiger partial charge in [-0.2, -0.15) is 0 Å².